The molecule has 0 saturated carbocycles. The summed E-state index contributed by atoms with van der Waals surface area (Å²) in [4.78, 5) is 0. The SMILES string of the molecule is CC1(C)c2cc(-c3cccc(-c4cc5c6ccccc6c6ccccc6c5c5ccccc45)c3)ccc2-c2ccc(-c3ccc4ccccc4c3)cc21. The van der Waals surface area contributed by atoms with Gasteiger partial charge in [-0.15, -0.1) is 0 Å². The molecule has 0 atom stereocenters. The molecule has 0 N–H and O–H groups in total. The minimum absolute atomic E-state index is 0.122. The predicted molar refractivity (Wildman–Crippen MR) is 228 cm³/mol. The average molecular weight is 673 g/mol. The molecule has 0 heteroatoms. The average Bonchev–Trinajstić information content (AvgIpc) is 3.45. The van der Waals surface area contributed by atoms with E-state index in [1.54, 1.807) is 0 Å². The minimum atomic E-state index is -0.122. The van der Waals surface area contributed by atoms with Gasteiger partial charge in [0.15, 0.2) is 0 Å². The molecule has 0 nitrogen and oxygen atoms in total. The summed E-state index contributed by atoms with van der Waals surface area (Å²) in [5.74, 6) is 0. The van der Waals surface area contributed by atoms with E-state index in [0.717, 1.165) is 0 Å². The second kappa shape index (κ2) is 11.2. The van der Waals surface area contributed by atoms with E-state index in [1.807, 2.05) is 0 Å². The summed E-state index contributed by atoms with van der Waals surface area (Å²) in [5.41, 5.74) is 12.9. The lowest BCUT2D eigenvalue weighted by Gasteiger charge is -2.23. The third-order valence-corrected chi connectivity index (χ3v) is 12.0. The Kier molecular flexibility index (Phi) is 6.40. The molecule has 0 spiro atoms. The predicted octanol–water partition coefficient (Wildman–Crippen LogP) is 14.8. The largest absolute Gasteiger partial charge is 0.0616 e. The van der Waals surface area contributed by atoms with Crippen molar-refractivity contribution >= 4 is 53.9 Å². The van der Waals surface area contributed by atoms with Crippen LogP contribution in [0.25, 0.3) is 98.4 Å². The Morgan fingerprint density at radius 2 is 0.755 bits per heavy atom. The molecule has 0 radical (unpaired) electrons. The van der Waals surface area contributed by atoms with Gasteiger partial charge in [0.2, 0.25) is 0 Å². The number of fused-ring (bicyclic) bond motifs is 12. The normalized spacial score (nSPS) is 13.2. The number of hydrogen-bond acceptors (Lipinski definition) is 0. The highest BCUT2D eigenvalue weighted by Crippen LogP contribution is 2.51. The van der Waals surface area contributed by atoms with E-state index in [-0.39, 0.29) is 5.41 Å². The Hall–Kier alpha value is -6.50. The highest BCUT2D eigenvalue weighted by molar-refractivity contribution is 6.33. The van der Waals surface area contributed by atoms with Crippen LogP contribution in [-0.4, -0.2) is 0 Å². The summed E-state index contributed by atoms with van der Waals surface area (Å²) >= 11 is 0. The minimum Gasteiger partial charge on any atom is -0.0616 e. The molecular weight excluding hydrogens is 637 g/mol. The van der Waals surface area contributed by atoms with E-state index in [0.29, 0.717) is 0 Å². The van der Waals surface area contributed by atoms with Gasteiger partial charge in [0.05, 0.1) is 0 Å². The highest BCUT2D eigenvalue weighted by Gasteiger charge is 2.36. The molecule has 0 fully saturated rings. The van der Waals surface area contributed by atoms with Crippen LogP contribution in [0.15, 0.2) is 182 Å². The van der Waals surface area contributed by atoms with Crippen LogP contribution < -0.4 is 0 Å². The molecule has 53 heavy (non-hydrogen) atoms. The molecule has 1 aliphatic rings. The zero-order chi connectivity index (χ0) is 35.3. The van der Waals surface area contributed by atoms with Crippen molar-refractivity contribution in [1.29, 1.82) is 0 Å². The maximum Gasteiger partial charge on any atom is 0.0159 e. The van der Waals surface area contributed by atoms with Gasteiger partial charge in [-0.25, -0.2) is 0 Å². The first kappa shape index (κ1) is 30.2. The molecule has 0 aliphatic heterocycles. The molecule has 0 amide bonds. The highest BCUT2D eigenvalue weighted by atomic mass is 14.4. The second-order valence-electron chi connectivity index (χ2n) is 15.3. The van der Waals surface area contributed by atoms with Crippen molar-refractivity contribution in [3.05, 3.63) is 193 Å². The summed E-state index contributed by atoms with van der Waals surface area (Å²) < 4.78 is 0. The Morgan fingerprint density at radius 3 is 1.43 bits per heavy atom. The number of rotatable bonds is 3. The third kappa shape index (κ3) is 4.49. The van der Waals surface area contributed by atoms with Gasteiger partial charge in [0.25, 0.3) is 0 Å². The van der Waals surface area contributed by atoms with E-state index in [9.17, 15) is 0 Å². The van der Waals surface area contributed by atoms with Gasteiger partial charge in [-0.1, -0.05) is 166 Å². The first-order chi connectivity index (χ1) is 26.0. The number of hydrogen-bond donors (Lipinski definition) is 0. The zero-order valence-electron chi connectivity index (χ0n) is 29.8. The van der Waals surface area contributed by atoms with E-state index >= 15 is 0 Å². The Morgan fingerprint density at radius 1 is 0.283 bits per heavy atom. The van der Waals surface area contributed by atoms with Crippen LogP contribution in [0, 0.1) is 0 Å². The standard InChI is InChI=1S/C53H36/c1-53(2)50-30-37(24-26-44(50)45-27-25-38(31-51(45)53)36-23-22-33-12-3-4-13-34(33)28-36)35-14-11-15-39(29-35)48-32-49-42-18-6-5-16-40(42)41-17-7-9-20-46(41)52(49)47-21-10-8-19-43(47)48/h3-32H,1-2H3. The van der Waals surface area contributed by atoms with Gasteiger partial charge in [0, 0.05) is 5.41 Å². The van der Waals surface area contributed by atoms with Crippen LogP contribution in [0.5, 0.6) is 0 Å². The maximum atomic E-state index is 2.45. The van der Waals surface area contributed by atoms with E-state index < -0.39 is 0 Å². The summed E-state index contributed by atoms with van der Waals surface area (Å²) in [7, 11) is 0. The first-order valence-electron chi connectivity index (χ1n) is 18.7. The Bertz CT molecular complexity index is 3140. The Balaban J connectivity index is 1.04. The lowest BCUT2D eigenvalue weighted by molar-refractivity contribution is 0.661. The van der Waals surface area contributed by atoms with Crippen molar-refractivity contribution in [2.75, 3.05) is 0 Å². The van der Waals surface area contributed by atoms with Gasteiger partial charge in [-0.05, 0) is 140 Å². The summed E-state index contributed by atoms with van der Waals surface area (Å²) in [6.45, 7) is 4.77. The van der Waals surface area contributed by atoms with Crippen LogP contribution in [0.2, 0.25) is 0 Å². The quantitative estimate of drug-likeness (QED) is 0.164. The van der Waals surface area contributed by atoms with Crippen molar-refractivity contribution in [3.8, 4) is 44.5 Å². The molecule has 248 valence electrons. The fourth-order valence-electron chi connectivity index (χ4n) is 9.34. The molecule has 1 aliphatic carbocycles. The lowest BCUT2D eigenvalue weighted by atomic mass is 9.80. The summed E-state index contributed by atoms with van der Waals surface area (Å²) in [6.07, 6.45) is 0. The molecular formula is C53H36. The molecule has 0 saturated heterocycles. The van der Waals surface area contributed by atoms with Crippen LogP contribution in [-0.2, 0) is 5.41 Å². The first-order valence-corrected chi connectivity index (χ1v) is 18.7. The fraction of sp³-hybridized carbons (Fsp3) is 0.0566. The van der Waals surface area contributed by atoms with Crippen molar-refractivity contribution < 1.29 is 0 Å². The van der Waals surface area contributed by atoms with Gasteiger partial charge < -0.3 is 0 Å². The molecule has 0 aromatic heterocycles. The van der Waals surface area contributed by atoms with Gasteiger partial charge >= 0.3 is 0 Å². The lowest BCUT2D eigenvalue weighted by Crippen LogP contribution is -2.15. The van der Waals surface area contributed by atoms with Crippen LogP contribution in [0.4, 0.5) is 0 Å². The monoisotopic (exact) mass is 672 g/mol. The second-order valence-corrected chi connectivity index (χ2v) is 15.3. The van der Waals surface area contributed by atoms with Crippen molar-refractivity contribution in [2.45, 2.75) is 19.3 Å². The molecule has 11 rings (SSSR count). The Labute approximate surface area is 309 Å². The van der Waals surface area contributed by atoms with Crippen molar-refractivity contribution in [1.82, 2.24) is 0 Å². The smallest absolute Gasteiger partial charge is 0.0159 e. The zero-order valence-corrected chi connectivity index (χ0v) is 29.8. The fourth-order valence-corrected chi connectivity index (χ4v) is 9.34. The van der Waals surface area contributed by atoms with Gasteiger partial charge in [-0.3, -0.25) is 0 Å². The van der Waals surface area contributed by atoms with Crippen LogP contribution in [0.3, 0.4) is 0 Å². The molecule has 10 aromatic carbocycles. The van der Waals surface area contributed by atoms with Crippen LogP contribution >= 0.6 is 0 Å². The summed E-state index contributed by atoms with van der Waals surface area (Å²) in [5, 5.41) is 13.0. The molecule has 0 bridgehead atoms. The molecule has 0 unspecified atom stereocenters. The van der Waals surface area contributed by atoms with E-state index in [1.165, 1.54) is 109 Å². The molecule has 0 heterocycles. The van der Waals surface area contributed by atoms with Gasteiger partial charge in [-0.2, -0.15) is 0 Å². The van der Waals surface area contributed by atoms with Crippen LogP contribution in [0.1, 0.15) is 25.0 Å². The van der Waals surface area contributed by atoms with Crippen molar-refractivity contribution in [2.24, 2.45) is 0 Å². The van der Waals surface area contributed by atoms with E-state index in [2.05, 4.69) is 196 Å². The maximum absolute atomic E-state index is 2.45. The van der Waals surface area contributed by atoms with Crippen molar-refractivity contribution in [3.63, 3.8) is 0 Å². The van der Waals surface area contributed by atoms with Gasteiger partial charge in [0.1, 0.15) is 0 Å². The third-order valence-electron chi connectivity index (χ3n) is 12.0. The van der Waals surface area contributed by atoms with E-state index in [4.69, 9.17) is 0 Å². The molecule has 10 aromatic rings. The summed E-state index contributed by atoms with van der Waals surface area (Å²) in [6, 6.07) is 67.9. The topological polar surface area (TPSA) is 0 Å². The number of benzene rings is 10.